The molecule has 0 N–H and O–H groups in total. The maximum absolute atomic E-state index is 12.9. The van der Waals surface area contributed by atoms with Crippen LogP contribution < -0.4 is 9.47 Å². The lowest BCUT2D eigenvalue weighted by Gasteiger charge is -2.28. The van der Waals surface area contributed by atoms with Gasteiger partial charge in [-0.05, 0) is 48.7 Å². The summed E-state index contributed by atoms with van der Waals surface area (Å²) in [6, 6.07) is 13.5. The number of benzene rings is 2. The number of carbonyl (C=O) groups excluding carboxylic acids is 1. The molecule has 1 aliphatic rings. The predicted molar refractivity (Wildman–Crippen MR) is 110 cm³/mol. The highest BCUT2D eigenvalue weighted by molar-refractivity contribution is 8.13. The fraction of sp³-hybridized carbons (Fsp3) is 0.333. The van der Waals surface area contributed by atoms with E-state index in [-0.39, 0.29) is 5.91 Å². The van der Waals surface area contributed by atoms with E-state index in [0.717, 1.165) is 39.9 Å². The van der Waals surface area contributed by atoms with Gasteiger partial charge in [-0.15, -0.1) is 0 Å². The summed E-state index contributed by atoms with van der Waals surface area (Å²) < 4.78 is 10.6. The van der Waals surface area contributed by atoms with Crippen molar-refractivity contribution in [2.75, 3.05) is 26.5 Å². The van der Waals surface area contributed by atoms with E-state index in [1.165, 1.54) is 0 Å². The molecule has 1 heterocycles. The second-order valence-corrected chi connectivity index (χ2v) is 7.40. The number of aliphatic imine (C=N–C) groups is 1. The summed E-state index contributed by atoms with van der Waals surface area (Å²) in [5.74, 6) is 2.51. The lowest BCUT2D eigenvalue weighted by Crippen LogP contribution is -2.40. The zero-order valence-corrected chi connectivity index (χ0v) is 16.7. The zero-order chi connectivity index (χ0) is 19.2. The Kier molecular flexibility index (Phi) is 6.40. The first-order chi connectivity index (χ1) is 13.1. The van der Waals surface area contributed by atoms with E-state index in [4.69, 9.17) is 14.5 Å². The first-order valence-electron chi connectivity index (χ1n) is 8.90. The molecule has 0 aromatic heterocycles. The molecule has 6 heteroatoms. The maximum atomic E-state index is 12.9. The summed E-state index contributed by atoms with van der Waals surface area (Å²) in [5, 5.41) is 0.740. The van der Waals surface area contributed by atoms with Crippen molar-refractivity contribution in [1.82, 2.24) is 4.90 Å². The van der Waals surface area contributed by atoms with Gasteiger partial charge < -0.3 is 9.47 Å². The molecule has 3 rings (SSSR count). The van der Waals surface area contributed by atoms with E-state index in [1.54, 1.807) is 30.9 Å². The van der Waals surface area contributed by atoms with Gasteiger partial charge >= 0.3 is 0 Å². The summed E-state index contributed by atoms with van der Waals surface area (Å²) in [7, 11) is 3.27. The molecule has 1 saturated heterocycles. The Labute approximate surface area is 164 Å². The number of rotatable bonds is 5. The van der Waals surface area contributed by atoms with Crippen molar-refractivity contribution in [3.63, 3.8) is 0 Å². The van der Waals surface area contributed by atoms with Gasteiger partial charge in [0, 0.05) is 12.3 Å². The van der Waals surface area contributed by atoms with Crippen LogP contribution in [-0.2, 0) is 11.2 Å². The second-order valence-electron chi connectivity index (χ2n) is 6.34. The van der Waals surface area contributed by atoms with Gasteiger partial charge in [-0.25, -0.2) is 4.99 Å². The van der Waals surface area contributed by atoms with E-state index in [2.05, 4.69) is 0 Å². The molecule has 0 atom stereocenters. The lowest BCUT2D eigenvalue weighted by atomic mass is 10.1. The summed E-state index contributed by atoms with van der Waals surface area (Å²) in [5.41, 5.74) is 2.82. The van der Waals surface area contributed by atoms with Gasteiger partial charge in [-0.3, -0.25) is 9.69 Å². The number of nitrogens with zero attached hydrogens (tertiary/aromatic N) is 2. The van der Waals surface area contributed by atoms with Crippen molar-refractivity contribution >= 4 is 28.5 Å². The van der Waals surface area contributed by atoms with Crippen LogP contribution in [0.25, 0.3) is 0 Å². The molecule has 5 nitrogen and oxygen atoms in total. The third-order valence-electron chi connectivity index (χ3n) is 4.35. The molecule has 27 heavy (non-hydrogen) atoms. The Hall–Kier alpha value is -2.47. The zero-order valence-electron chi connectivity index (χ0n) is 15.9. The Morgan fingerprint density at radius 3 is 2.63 bits per heavy atom. The fourth-order valence-electron chi connectivity index (χ4n) is 2.89. The molecular formula is C21H24N2O3S. The molecule has 1 amide bonds. The molecule has 1 aliphatic heterocycles. The van der Waals surface area contributed by atoms with Crippen LogP contribution in [0.5, 0.6) is 11.5 Å². The average molecular weight is 385 g/mol. The summed E-state index contributed by atoms with van der Waals surface area (Å²) in [4.78, 5) is 19.5. The van der Waals surface area contributed by atoms with Crippen LogP contribution in [0.1, 0.15) is 17.5 Å². The van der Waals surface area contributed by atoms with Gasteiger partial charge in [0.15, 0.2) is 5.17 Å². The third-order valence-corrected chi connectivity index (χ3v) is 5.42. The summed E-state index contributed by atoms with van der Waals surface area (Å²) >= 11 is 1.62. The van der Waals surface area contributed by atoms with Gasteiger partial charge in [0.05, 0.1) is 20.6 Å². The number of hydrogen-bond acceptors (Lipinski definition) is 5. The van der Waals surface area contributed by atoms with Crippen LogP contribution in [0.4, 0.5) is 5.69 Å². The second kappa shape index (κ2) is 8.95. The standard InChI is InChI=1S/C21H24N2O3S/c1-15-5-10-19(26-3)18(13-15)22-21-23(11-4-12-27-21)20(24)14-16-6-8-17(25-2)9-7-16/h5-10,13H,4,11-12,14H2,1-3H3. The number of amides is 1. The molecule has 2 aromatic rings. The van der Waals surface area contributed by atoms with Crippen LogP contribution in [-0.4, -0.2) is 42.5 Å². The van der Waals surface area contributed by atoms with Crippen LogP contribution in [0.2, 0.25) is 0 Å². The van der Waals surface area contributed by atoms with Gasteiger partial charge in [0.2, 0.25) is 5.91 Å². The highest BCUT2D eigenvalue weighted by atomic mass is 32.2. The van der Waals surface area contributed by atoms with Crippen molar-refractivity contribution in [3.8, 4) is 11.5 Å². The number of carbonyl (C=O) groups is 1. The fourth-order valence-corrected chi connectivity index (χ4v) is 3.86. The number of hydrogen-bond donors (Lipinski definition) is 0. The minimum absolute atomic E-state index is 0.0535. The normalized spacial score (nSPS) is 15.7. The number of ether oxygens (including phenoxy) is 2. The summed E-state index contributed by atoms with van der Waals surface area (Å²) in [6.45, 7) is 2.71. The number of amidine groups is 1. The van der Waals surface area contributed by atoms with E-state index in [9.17, 15) is 4.79 Å². The predicted octanol–water partition coefficient (Wildman–Crippen LogP) is 4.21. The molecule has 0 bridgehead atoms. The molecule has 0 aliphatic carbocycles. The Morgan fingerprint density at radius 2 is 1.93 bits per heavy atom. The summed E-state index contributed by atoms with van der Waals surface area (Å²) in [6.07, 6.45) is 1.30. The van der Waals surface area contributed by atoms with Crippen LogP contribution >= 0.6 is 11.8 Å². The molecule has 1 fully saturated rings. The van der Waals surface area contributed by atoms with E-state index < -0.39 is 0 Å². The van der Waals surface area contributed by atoms with E-state index >= 15 is 0 Å². The highest BCUT2D eigenvalue weighted by Gasteiger charge is 2.24. The Morgan fingerprint density at radius 1 is 1.15 bits per heavy atom. The van der Waals surface area contributed by atoms with Gasteiger partial charge in [-0.1, -0.05) is 30.0 Å². The van der Waals surface area contributed by atoms with Crippen molar-refractivity contribution in [2.45, 2.75) is 19.8 Å². The molecule has 0 spiro atoms. The minimum Gasteiger partial charge on any atom is -0.497 e. The topological polar surface area (TPSA) is 51.1 Å². The average Bonchev–Trinajstić information content (AvgIpc) is 2.69. The molecule has 0 saturated carbocycles. The number of thioether (sulfide) groups is 1. The molecule has 0 radical (unpaired) electrons. The van der Waals surface area contributed by atoms with Crippen LogP contribution in [0.15, 0.2) is 47.5 Å². The SMILES string of the molecule is COc1ccc(CC(=O)N2CCCSC2=Nc2cc(C)ccc2OC)cc1. The van der Waals surface area contributed by atoms with Crippen molar-refractivity contribution in [1.29, 1.82) is 0 Å². The third kappa shape index (κ3) is 4.83. The van der Waals surface area contributed by atoms with Gasteiger partial charge in [0.25, 0.3) is 0 Å². The van der Waals surface area contributed by atoms with Crippen molar-refractivity contribution in [3.05, 3.63) is 53.6 Å². The van der Waals surface area contributed by atoms with Crippen LogP contribution in [0.3, 0.4) is 0 Å². The van der Waals surface area contributed by atoms with Crippen LogP contribution in [0, 0.1) is 6.92 Å². The van der Waals surface area contributed by atoms with E-state index in [1.807, 2.05) is 49.4 Å². The molecule has 142 valence electrons. The Bertz CT molecular complexity index is 834. The largest absolute Gasteiger partial charge is 0.497 e. The molecular weight excluding hydrogens is 360 g/mol. The van der Waals surface area contributed by atoms with Gasteiger partial charge in [0.1, 0.15) is 17.2 Å². The smallest absolute Gasteiger partial charge is 0.232 e. The van der Waals surface area contributed by atoms with Crippen molar-refractivity contribution < 1.29 is 14.3 Å². The quantitative estimate of drug-likeness (QED) is 0.775. The monoisotopic (exact) mass is 384 g/mol. The molecule has 2 aromatic carbocycles. The Balaban J connectivity index is 1.82. The van der Waals surface area contributed by atoms with Crippen molar-refractivity contribution in [2.24, 2.45) is 4.99 Å². The first kappa shape index (κ1) is 19.3. The number of aryl methyl sites for hydroxylation is 1. The van der Waals surface area contributed by atoms with E-state index in [0.29, 0.717) is 18.7 Å². The van der Waals surface area contributed by atoms with Gasteiger partial charge in [-0.2, -0.15) is 0 Å². The maximum Gasteiger partial charge on any atom is 0.232 e. The number of methoxy groups -OCH3 is 2. The minimum atomic E-state index is 0.0535. The first-order valence-corrected chi connectivity index (χ1v) is 9.88. The molecule has 0 unspecified atom stereocenters. The highest BCUT2D eigenvalue weighted by Crippen LogP contribution is 2.31. The lowest BCUT2D eigenvalue weighted by molar-refractivity contribution is -0.126.